The summed E-state index contributed by atoms with van der Waals surface area (Å²) in [5.74, 6) is 0.162. The van der Waals surface area contributed by atoms with E-state index in [-0.39, 0.29) is 17.1 Å². The third kappa shape index (κ3) is 3.77. The van der Waals surface area contributed by atoms with Gasteiger partial charge in [-0.2, -0.15) is 13.2 Å². The quantitative estimate of drug-likeness (QED) is 0.665. The summed E-state index contributed by atoms with van der Waals surface area (Å²) in [7, 11) is 1.54. The lowest BCUT2D eigenvalue weighted by Crippen LogP contribution is -2.15. The van der Waals surface area contributed by atoms with E-state index in [0.717, 1.165) is 29.1 Å². The van der Waals surface area contributed by atoms with Crippen LogP contribution in [0.1, 0.15) is 11.1 Å². The molecule has 2 N–H and O–H groups in total. The van der Waals surface area contributed by atoms with Crippen molar-refractivity contribution in [1.82, 2.24) is 4.98 Å². The van der Waals surface area contributed by atoms with Gasteiger partial charge in [-0.25, -0.2) is 0 Å². The van der Waals surface area contributed by atoms with Gasteiger partial charge in [-0.1, -0.05) is 11.6 Å². The second kappa shape index (κ2) is 6.92. The molecule has 0 radical (unpaired) electrons. The van der Waals surface area contributed by atoms with Gasteiger partial charge in [-0.3, -0.25) is 4.79 Å². The molecule has 0 aliphatic heterocycles. The molecule has 0 unspecified atom stereocenters. The number of halogens is 4. The molecule has 0 aliphatic carbocycles. The SMILES string of the molecule is COc1ccc2[nH]cc(CC(=O)Nc3cc(C(F)(F)F)ccc3Cl)c2c1. The molecule has 4 nitrogen and oxygen atoms in total. The first-order valence-electron chi connectivity index (χ1n) is 7.58. The summed E-state index contributed by atoms with van der Waals surface area (Å²) in [6.45, 7) is 0. The number of aromatic amines is 1. The van der Waals surface area contributed by atoms with E-state index in [2.05, 4.69) is 10.3 Å². The summed E-state index contributed by atoms with van der Waals surface area (Å²) in [5, 5.41) is 3.27. The number of amides is 1. The molecule has 3 rings (SSSR count). The molecule has 1 heterocycles. The van der Waals surface area contributed by atoms with Crippen molar-refractivity contribution in [2.45, 2.75) is 12.6 Å². The predicted octanol–water partition coefficient (Wildman–Crippen LogP) is 5.03. The van der Waals surface area contributed by atoms with Gasteiger partial charge >= 0.3 is 6.18 Å². The maximum atomic E-state index is 12.8. The number of methoxy groups -OCH3 is 1. The van der Waals surface area contributed by atoms with Crippen LogP contribution in [-0.4, -0.2) is 18.0 Å². The number of hydrogen-bond acceptors (Lipinski definition) is 2. The van der Waals surface area contributed by atoms with E-state index in [0.29, 0.717) is 11.3 Å². The summed E-state index contributed by atoms with van der Waals surface area (Å²) in [5.41, 5.74) is 0.558. The number of nitrogens with one attached hydrogen (secondary N) is 2. The number of anilines is 1. The van der Waals surface area contributed by atoms with Crippen LogP contribution in [-0.2, 0) is 17.4 Å². The first-order chi connectivity index (χ1) is 12.3. The number of fused-ring (bicyclic) bond motifs is 1. The van der Waals surface area contributed by atoms with Crippen LogP contribution in [0.15, 0.2) is 42.6 Å². The lowest BCUT2D eigenvalue weighted by Gasteiger charge is -2.11. The van der Waals surface area contributed by atoms with Gasteiger partial charge in [0.25, 0.3) is 0 Å². The van der Waals surface area contributed by atoms with E-state index in [1.54, 1.807) is 18.3 Å². The molecule has 2 aromatic carbocycles. The average molecular weight is 383 g/mol. The van der Waals surface area contributed by atoms with Crippen LogP contribution in [0.3, 0.4) is 0 Å². The molecule has 0 aliphatic rings. The fourth-order valence-corrected chi connectivity index (χ4v) is 2.76. The van der Waals surface area contributed by atoms with Crippen LogP contribution in [0.25, 0.3) is 10.9 Å². The van der Waals surface area contributed by atoms with Gasteiger partial charge in [0.1, 0.15) is 5.75 Å². The second-order valence-electron chi connectivity index (χ2n) is 5.64. The molecule has 0 fully saturated rings. The number of rotatable bonds is 4. The van der Waals surface area contributed by atoms with Crippen LogP contribution in [0, 0.1) is 0 Å². The van der Waals surface area contributed by atoms with Crippen molar-refractivity contribution in [3.63, 3.8) is 0 Å². The van der Waals surface area contributed by atoms with Gasteiger partial charge in [0.05, 0.1) is 29.8 Å². The molecule has 1 aromatic heterocycles. The highest BCUT2D eigenvalue weighted by molar-refractivity contribution is 6.33. The van der Waals surface area contributed by atoms with Crippen LogP contribution in [0.5, 0.6) is 5.75 Å². The minimum absolute atomic E-state index is 0.0280. The van der Waals surface area contributed by atoms with Gasteiger partial charge in [-0.15, -0.1) is 0 Å². The normalized spacial score (nSPS) is 11.6. The summed E-state index contributed by atoms with van der Waals surface area (Å²) >= 11 is 5.90. The van der Waals surface area contributed by atoms with Gasteiger partial charge < -0.3 is 15.0 Å². The highest BCUT2D eigenvalue weighted by Gasteiger charge is 2.31. The maximum absolute atomic E-state index is 12.8. The van der Waals surface area contributed by atoms with E-state index in [9.17, 15) is 18.0 Å². The van der Waals surface area contributed by atoms with Crippen molar-refractivity contribution >= 4 is 34.1 Å². The number of H-pyrrole nitrogens is 1. The number of aromatic nitrogens is 1. The second-order valence-corrected chi connectivity index (χ2v) is 6.05. The zero-order valence-corrected chi connectivity index (χ0v) is 14.3. The van der Waals surface area contributed by atoms with Gasteiger partial charge in [0.15, 0.2) is 0 Å². The number of benzene rings is 2. The molecule has 0 bridgehead atoms. The van der Waals surface area contributed by atoms with Crippen LogP contribution in [0.4, 0.5) is 18.9 Å². The first kappa shape index (κ1) is 18.1. The molecular formula is C18H14ClF3N2O2. The van der Waals surface area contributed by atoms with Crippen molar-refractivity contribution < 1.29 is 22.7 Å². The Bertz CT molecular complexity index is 967. The zero-order valence-electron chi connectivity index (χ0n) is 13.6. The molecule has 0 saturated carbocycles. The summed E-state index contributed by atoms with van der Waals surface area (Å²) in [6, 6.07) is 8.18. The lowest BCUT2D eigenvalue weighted by atomic mass is 10.1. The summed E-state index contributed by atoms with van der Waals surface area (Å²) in [4.78, 5) is 15.3. The Balaban J connectivity index is 1.82. The standard InChI is InChI=1S/C18H14ClF3N2O2/c1-26-12-3-5-15-13(8-12)10(9-23-15)6-17(25)24-16-7-11(18(20,21)22)2-4-14(16)19/h2-5,7-9,23H,6H2,1H3,(H,24,25). The Morgan fingerprint density at radius 3 is 2.69 bits per heavy atom. The highest BCUT2D eigenvalue weighted by atomic mass is 35.5. The van der Waals surface area contributed by atoms with Crippen molar-refractivity contribution in [3.05, 3.63) is 58.7 Å². The topological polar surface area (TPSA) is 54.1 Å². The molecular weight excluding hydrogens is 369 g/mol. The first-order valence-corrected chi connectivity index (χ1v) is 7.96. The Morgan fingerprint density at radius 2 is 2.00 bits per heavy atom. The molecule has 8 heteroatoms. The summed E-state index contributed by atoms with van der Waals surface area (Å²) < 4.78 is 43.6. The van der Waals surface area contributed by atoms with Gasteiger partial charge in [0, 0.05) is 17.1 Å². The maximum Gasteiger partial charge on any atom is 0.416 e. The van der Waals surface area contributed by atoms with Gasteiger partial charge in [-0.05, 0) is 42.0 Å². The number of ether oxygens (including phenoxy) is 1. The van der Waals surface area contributed by atoms with Crippen molar-refractivity contribution in [2.24, 2.45) is 0 Å². The van der Waals surface area contributed by atoms with Crippen LogP contribution in [0.2, 0.25) is 5.02 Å². The van der Waals surface area contributed by atoms with E-state index >= 15 is 0 Å². The predicted molar refractivity (Wildman–Crippen MR) is 93.6 cm³/mol. The van der Waals surface area contributed by atoms with E-state index in [1.807, 2.05) is 6.07 Å². The third-order valence-corrected chi connectivity index (χ3v) is 4.22. The number of alkyl halides is 3. The van der Waals surface area contributed by atoms with E-state index in [1.165, 1.54) is 7.11 Å². The average Bonchev–Trinajstić information content (AvgIpc) is 2.97. The molecule has 136 valence electrons. The number of hydrogen-bond donors (Lipinski definition) is 2. The van der Waals surface area contributed by atoms with Crippen molar-refractivity contribution in [1.29, 1.82) is 0 Å². The molecule has 26 heavy (non-hydrogen) atoms. The molecule has 3 aromatic rings. The van der Waals surface area contributed by atoms with Crippen molar-refractivity contribution in [3.8, 4) is 5.75 Å². The zero-order chi connectivity index (χ0) is 18.9. The summed E-state index contributed by atoms with van der Waals surface area (Å²) in [6.07, 6.45) is -2.87. The van der Waals surface area contributed by atoms with Gasteiger partial charge in [0.2, 0.25) is 5.91 Å². The third-order valence-electron chi connectivity index (χ3n) is 3.89. The lowest BCUT2D eigenvalue weighted by molar-refractivity contribution is -0.137. The van der Waals surface area contributed by atoms with Crippen LogP contribution >= 0.6 is 11.6 Å². The Labute approximate surface area is 151 Å². The van der Waals surface area contributed by atoms with E-state index in [4.69, 9.17) is 16.3 Å². The molecule has 0 saturated heterocycles. The number of carbonyl (C=O) groups is 1. The highest BCUT2D eigenvalue weighted by Crippen LogP contribution is 2.34. The molecule has 0 atom stereocenters. The van der Waals surface area contributed by atoms with Crippen LogP contribution < -0.4 is 10.1 Å². The van der Waals surface area contributed by atoms with E-state index < -0.39 is 17.6 Å². The smallest absolute Gasteiger partial charge is 0.416 e. The Kier molecular flexibility index (Phi) is 4.82. The fraction of sp³-hybridized carbons (Fsp3) is 0.167. The minimum Gasteiger partial charge on any atom is -0.497 e. The minimum atomic E-state index is -4.52. The number of carbonyl (C=O) groups excluding carboxylic acids is 1. The van der Waals surface area contributed by atoms with Crippen molar-refractivity contribution in [2.75, 3.05) is 12.4 Å². The molecule has 1 amide bonds. The largest absolute Gasteiger partial charge is 0.497 e. The fourth-order valence-electron chi connectivity index (χ4n) is 2.60. The Hall–Kier alpha value is -2.67. The Morgan fingerprint density at radius 1 is 1.23 bits per heavy atom. The monoisotopic (exact) mass is 382 g/mol. The molecule has 0 spiro atoms.